The van der Waals surface area contributed by atoms with Crippen LogP contribution >= 0.6 is 0 Å². The first-order chi connectivity index (χ1) is 10.6. The zero-order valence-corrected chi connectivity index (χ0v) is 15.3. The monoisotopic (exact) mass is 308 g/mol. The van der Waals surface area contributed by atoms with Crippen LogP contribution in [-0.2, 0) is 5.60 Å². The zero-order valence-electron chi connectivity index (χ0n) is 13.3. The highest BCUT2D eigenvalue weighted by atomic mass is 28.1. The molecule has 2 aromatic rings. The molecule has 4 fully saturated rings. The van der Waals surface area contributed by atoms with E-state index in [4.69, 9.17) is 0 Å². The predicted octanol–water partition coefficient (Wildman–Crippen LogP) is 2.47. The van der Waals surface area contributed by atoms with Gasteiger partial charge in [-0.05, 0) is 78.2 Å². The lowest BCUT2D eigenvalue weighted by Crippen LogP contribution is -2.55. The highest BCUT2D eigenvalue weighted by molar-refractivity contribution is 6.33. The summed E-state index contributed by atoms with van der Waals surface area (Å²) >= 11 is 0. The topological polar surface area (TPSA) is 20.2 Å². The Hall–Kier alpha value is -1.12. The molecule has 0 unspecified atom stereocenters. The fourth-order valence-corrected chi connectivity index (χ4v) is 6.47. The molecule has 4 bridgehead atoms. The number of aliphatic hydroxyl groups is 1. The van der Waals surface area contributed by atoms with Crippen molar-refractivity contribution in [3.8, 4) is 0 Å². The van der Waals surface area contributed by atoms with E-state index < -0.39 is 5.60 Å². The Morgan fingerprint density at radius 3 is 2.09 bits per heavy atom. The molecular formula is C20H24OSi. The first kappa shape index (κ1) is 13.3. The summed E-state index contributed by atoms with van der Waals surface area (Å²) in [6.45, 7) is 0. The minimum atomic E-state index is -0.554. The van der Waals surface area contributed by atoms with E-state index in [-0.39, 0.29) is 0 Å². The molecule has 0 spiro atoms. The molecule has 4 aliphatic rings. The maximum atomic E-state index is 11.7. The molecule has 0 radical (unpaired) electrons. The third-order valence-corrected chi connectivity index (χ3v) is 7.46. The second kappa shape index (κ2) is 4.45. The smallest absolute Gasteiger partial charge is 0.0953 e. The molecule has 1 nitrogen and oxygen atoms in total. The molecule has 0 amide bonds. The second-order valence-corrected chi connectivity index (χ2v) is 9.35. The number of hydrogen-bond donors (Lipinski definition) is 1. The van der Waals surface area contributed by atoms with Crippen molar-refractivity contribution in [2.75, 3.05) is 0 Å². The van der Waals surface area contributed by atoms with Crippen LogP contribution in [0.4, 0.5) is 0 Å². The van der Waals surface area contributed by atoms with Gasteiger partial charge in [-0.25, -0.2) is 0 Å². The Bertz CT molecular complexity index is 722. The molecule has 0 aliphatic heterocycles. The highest BCUT2D eigenvalue weighted by Crippen LogP contribution is 2.61. The number of rotatable bonds is 1. The van der Waals surface area contributed by atoms with Crippen molar-refractivity contribution in [1.29, 1.82) is 0 Å². The van der Waals surface area contributed by atoms with Crippen LogP contribution in [0.3, 0.4) is 0 Å². The van der Waals surface area contributed by atoms with Gasteiger partial charge in [0.2, 0.25) is 0 Å². The van der Waals surface area contributed by atoms with Gasteiger partial charge in [0.1, 0.15) is 0 Å². The van der Waals surface area contributed by atoms with Crippen LogP contribution < -0.4 is 5.19 Å². The predicted molar refractivity (Wildman–Crippen MR) is 94.5 cm³/mol. The van der Waals surface area contributed by atoms with E-state index in [1.807, 2.05) is 0 Å². The lowest BCUT2D eigenvalue weighted by Gasteiger charge is -2.59. The van der Waals surface area contributed by atoms with E-state index in [0.717, 1.165) is 22.1 Å². The summed E-state index contributed by atoms with van der Waals surface area (Å²) in [6.07, 6.45) is 6.44. The molecule has 6 rings (SSSR count). The minimum absolute atomic E-state index is 0.499. The Morgan fingerprint density at radius 2 is 1.41 bits per heavy atom. The molecule has 4 aliphatic carbocycles. The molecule has 1 N–H and O–H groups in total. The first-order valence-electron chi connectivity index (χ1n) is 8.86. The van der Waals surface area contributed by atoms with Crippen LogP contribution in [0.1, 0.15) is 37.7 Å². The number of fused-ring (bicyclic) bond motifs is 1. The maximum absolute atomic E-state index is 11.7. The molecular weight excluding hydrogens is 284 g/mol. The lowest BCUT2D eigenvalue weighted by atomic mass is 9.48. The fraction of sp³-hybridized carbons (Fsp3) is 0.500. The maximum Gasteiger partial charge on any atom is 0.0953 e. The summed E-state index contributed by atoms with van der Waals surface area (Å²) in [5.41, 5.74) is 0.635. The molecule has 2 aromatic carbocycles. The largest absolute Gasteiger partial charge is 0.385 e. The van der Waals surface area contributed by atoms with Gasteiger partial charge in [-0.3, -0.25) is 0 Å². The van der Waals surface area contributed by atoms with Crippen molar-refractivity contribution in [1.82, 2.24) is 0 Å². The van der Waals surface area contributed by atoms with Gasteiger partial charge in [0.15, 0.2) is 0 Å². The normalized spacial score (nSPS) is 39.7. The summed E-state index contributed by atoms with van der Waals surface area (Å²) in [5, 5.41) is 15.7. The Labute approximate surface area is 135 Å². The Kier molecular flexibility index (Phi) is 2.70. The van der Waals surface area contributed by atoms with Crippen LogP contribution in [0.25, 0.3) is 10.8 Å². The number of hydrogen-bond acceptors (Lipinski definition) is 1. The fourth-order valence-electron chi connectivity index (χ4n) is 5.99. The quantitative estimate of drug-likeness (QED) is 0.803. The summed E-state index contributed by atoms with van der Waals surface area (Å²) in [6, 6.07) is 13.5. The average molecular weight is 308 g/mol. The van der Waals surface area contributed by atoms with Crippen molar-refractivity contribution in [3.05, 3.63) is 42.0 Å². The van der Waals surface area contributed by atoms with Gasteiger partial charge in [0.25, 0.3) is 0 Å². The molecule has 0 saturated heterocycles. The highest BCUT2D eigenvalue weighted by Gasteiger charge is 2.57. The van der Waals surface area contributed by atoms with Crippen LogP contribution in [0.2, 0.25) is 0 Å². The van der Waals surface area contributed by atoms with E-state index in [2.05, 4.69) is 36.4 Å². The SMILES string of the molecule is OC1(c2ccc3cc([SiH3])ccc3c2)C2CC3CC(C2)CC1C3. The zero-order chi connectivity index (χ0) is 14.9. The summed E-state index contributed by atoms with van der Waals surface area (Å²) in [7, 11) is 1.10. The van der Waals surface area contributed by atoms with Gasteiger partial charge >= 0.3 is 0 Å². The van der Waals surface area contributed by atoms with Crippen molar-refractivity contribution in [3.63, 3.8) is 0 Å². The van der Waals surface area contributed by atoms with Gasteiger partial charge in [0, 0.05) is 10.2 Å². The van der Waals surface area contributed by atoms with Crippen LogP contribution in [0, 0.1) is 23.7 Å². The molecule has 114 valence electrons. The molecule has 4 saturated carbocycles. The second-order valence-electron chi connectivity index (χ2n) is 8.20. The Balaban J connectivity index is 1.62. The summed E-state index contributed by atoms with van der Waals surface area (Å²) in [5.74, 6) is 2.80. The van der Waals surface area contributed by atoms with Crippen molar-refractivity contribution < 1.29 is 5.11 Å². The van der Waals surface area contributed by atoms with E-state index in [0.29, 0.717) is 11.8 Å². The van der Waals surface area contributed by atoms with Crippen molar-refractivity contribution in [2.45, 2.75) is 37.7 Å². The molecule has 0 atom stereocenters. The number of benzene rings is 2. The minimum Gasteiger partial charge on any atom is -0.385 e. The van der Waals surface area contributed by atoms with Gasteiger partial charge in [0.05, 0.1) is 5.60 Å². The van der Waals surface area contributed by atoms with Gasteiger partial charge in [-0.1, -0.05) is 35.5 Å². The van der Waals surface area contributed by atoms with Crippen LogP contribution in [0.5, 0.6) is 0 Å². The van der Waals surface area contributed by atoms with Crippen molar-refractivity contribution in [2.24, 2.45) is 23.7 Å². The van der Waals surface area contributed by atoms with E-state index in [9.17, 15) is 5.11 Å². The van der Waals surface area contributed by atoms with Crippen LogP contribution in [-0.4, -0.2) is 15.3 Å². The van der Waals surface area contributed by atoms with Gasteiger partial charge < -0.3 is 5.11 Å². The molecule has 2 heteroatoms. The standard InChI is InChI=1S/C20H24OSi/c21-20(17-6-12-5-13(8-17)9-18(20)7-12)16-3-1-15-11-19(22)4-2-14(15)10-16/h1-4,10-13,17-18,21H,5-9H2,22H3. The molecule has 0 aromatic heterocycles. The molecule has 22 heavy (non-hydrogen) atoms. The summed E-state index contributed by atoms with van der Waals surface area (Å²) in [4.78, 5) is 0. The first-order valence-corrected chi connectivity index (χ1v) is 9.86. The summed E-state index contributed by atoms with van der Waals surface area (Å²) < 4.78 is 0. The van der Waals surface area contributed by atoms with Crippen LogP contribution in [0.15, 0.2) is 36.4 Å². The Morgan fingerprint density at radius 1 is 0.818 bits per heavy atom. The van der Waals surface area contributed by atoms with E-state index in [1.54, 1.807) is 0 Å². The van der Waals surface area contributed by atoms with Gasteiger partial charge in [-0.15, -0.1) is 0 Å². The van der Waals surface area contributed by atoms with Crippen molar-refractivity contribution >= 4 is 26.2 Å². The molecule has 0 heterocycles. The third kappa shape index (κ3) is 1.74. The lowest BCUT2D eigenvalue weighted by molar-refractivity contribution is -0.179. The van der Waals surface area contributed by atoms with Gasteiger partial charge in [-0.2, -0.15) is 0 Å². The third-order valence-electron chi connectivity index (χ3n) is 6.84. The van der Waals surface area contributed by atoms with E-state index >= 15 is 0 Å². The van der Waals surface area contributed by atoms with E-state index in [1.165, 1.54) is 53.6 Å². The average Bonchev–Trinajstić information content (AvgIpc) is 2.51.